The largest absolute Gasteiger partial charge is 0.310 e. The van der Waals surface area contributed by atoms with Gasteiger partial charge in [0.05, 0.1) is 0 Å². The second-order valence-electron chi connectivity index (χ2n) is 5.03. The van der Waals surface area contributed by atoms with E-state index in [4.69, 9.17) is 11.6 Å². The third kappa shape index (κ3) is 4.93. The van der Waals surface area contributed by atoms with Gasteiger partial charge in [-0.05, 0) is 61.4 Å². The molecule has 1 heterocycles. The highest BCUT2D eigenvalue weighted by Gasteiger charge is 2.10. The van der Waals surface area contributed by atoms with Crippen LogP contribution in [0.2, 0.25) is 5.02 Å². The van der Waals surface area contributed by atoms with Crippen molar-refractivity contribution in [2.45, 2.75) is 38.6 Å². The highest BCUT2D eigenvalue weighted by molar-refractivity contribution is 7.09. The Bertz CT molecular complexity index is 478. The maximum atomic E-state index is 5.97. The van der Waals surface area contributed by atoms with Gasteiger partial charge in [-0.3, -0.25) is 0 Å². The molecule has 0 amide bonds. The van der Waals surface area contributed by atoms with Crippen molar-refractivity contribution >= 4 is 22.9 Å². The van der Waals surface area contributed by atoms with Gasteiger partial charge in [0.15, 0.2) is 0 Å². The summed E-state index contributed by atoms with van der Waals surface area (Å²) in [6.07, 6.45) is 4.72. The van der Waals surface area contributed by atoms with Crippen LogP contribution in [0.1, 0.15) is 42.7 Å². The van der Waals surface area contributed by atoms with Crippen molar-refractivity contribution in [3.63, 3.8) is 0 Å². The Hall–Kier alpha value is -0.830. The van der Waals surface area contributed by atoms with Gasteiger partial charge in [0.25, 0.3) is 0 Å². The van der Waals surface area contributed by atoms with Gasteiger partial charge >= 0.3 is 0 Å². The van der Waals surface area contributed by atoms with Crippen molar-refractivity contribution in [3.05, 3.63) is 57.2 Å². The van der Waals surface area contributed by atoms with Crippen LogP contribution in [-0.4, -0.2) is 6.54 Å². The smallest absolute Gasteiger partial charge is 0.0406 e. The first kappa shape index (κ1) is 15.6. The lowest BCUT2D eigenvalue weighted by molar-refractivity contribution is 0.485. The molecule has 0 aliphatic rings. The monoisotopic (exact) mass is 307 g/mol. The van der Waals surface area contributed by atoms with E-state index in [1.807, 2.05) is 23.5 Å². The molecule has 1 nitrogen and oxygen atoms in total. The lowest BCUT2D eigenvalue weighted by atomic mass is 10.0. The van der Waals surface area contributed by atoms with E-state index in [0.29, 0.717) is 6.04 Å². The lowest BCUT2D eigenvalue weighted by Gasteiger charge is -2.19. The van der Waals surface area contributed by atoms with Crippen LogP contribution in [0.15, 0.2) is 41.8 Å². The molecule has 1 N–H and O–H groups in total. The zero-order valence-corrected chi connectivity index (χ0v) is 13.5. The highest BCUT2D eigenvalue weighted by Crippen LogP contribution is 2.22. The van der Waals surface area contributed by atoms with Gasteiger partial charge in [-0.25, -0.2) is 0 Å². The zero-order valence-electron chi connectivity index (χ0n) is 11.9. The van der Waals surface area contributed by atoms with Crippen molar-refractivity contribution in [2.75, 3.05) is 6.54 Å². The quantitative estimate of drug-likeness (QED) is 0.682. The Labute approximate surface area is 131 Å². The molecular formula is C17H22ClNS. The molecule has 3 heteroatoms. The van der Waals surface area contributed by atoms with Crippen LogP contribution in [0.4, 0.5) is 0 Å². The van der Waals surface area contributed by atoms with Crippen LogP contribution < -0.4 is 5.32 Å². The minimum Gasteiger partial charge on any atom is -0.310 e. The number of nitrogens with one attached hydrogen (secondary N) is 1. The van der Waals surface area contributed by atoms with Crippen LogP contribution in [0.25, 0.3) is 0 Å². The Morgan fingerprint density at radius 2 is 2.00 bits per heavy atom. The summed E-state index contributed by atoms with van der Waals surface area (Å²) in [5, 5.41) is 6.61. The fourth-order valence-corrected chi connectivity index (χ4v) is 3.21. The summed E-state index contributed by atoms with van der Waals surface area (Å²) < 4.78 is 0. The number of rotatable bonds is 8. The molecule has 0 aliphatic carbocycles. The number of thiophene rings is 1. The topological polar surface area (TPSA) is 12.0 Å². The molecule has 108 valence electrons. The lowest BCUT2D eigenvalue weighted by Crippen LogP contribution is -2.22. The predicted octanol–water partition coefficient (Wildman–Crippen LogP) is 5.47. The average Bonchev–Trinajstić information content (AvgIpc) is 2.97. The van der Waals surface area contributed by atoms with Crippen molar-refractivity contribution < 1.29 is 0 Å². The fourth-order valence-electron chi connectivity index (χ4n) is 2.34. The van der Waals surface area contributed by atoms with Crippen molar-refractivity contribution in [1.29, 1.82) is 0 Å². The Morgan fingerprint density at radius 3 is 2.65 bits per heavy atom. The minimum atomic E-state index is 0.437. The summed E-state index contributed by atoms with van der Waals surface area (Å²) >= 11 is 7.83. The van der Waals surface area contributed by atoms with Crippen LogP contribution >= 0.6 is 22.9 Å². The second kappa shape index (κ2) is 8.46. The van der Waals surface area contributed by atoms with Crippen molar-refractivity contribution in [2.24, 2.45) is 0 Å². The first-order chi connectivity index (χ1) is 9.79. The Balaban J connectivity index is 1.90. The van der Waals surface area contributed by atoms with Crippen molar-refractivity contribution in [3.8, 4) is 0 Å². The molecule has 0 bridgehead atoms. The third-order valence-corrected chi connectivity index (χ3v) is 4.60. The number of benzene rings is 1. The summed E-state index contributed by atoms with van der Waals surface area (Å²) in [4.78, 5) is 1.48. The maximum Gasteiger partial charge on any atom is 0.0406 e. The summed E-state index contributed by atoms with van der Waals surface area (Å²) in [5.41, 5.74) is 1.34. The van der Waals surface area contributed by atoms with E-state index in [1.54, 1.807) is 0 Å². The molecule has 0 spiro atoms. The van der Waals surface area contributed by atoms with E-state index in [-0.39, 0.29) is 0 Å². The molecule has 20 heavy (non-hydrogen) atoms. The predicted molar refractivity (Wildman–Crippen MR) is 89.7 cm³/mol. The first-order valence-electron chi connectivity index (χ1n) is 7.31. The molecule has 1 atom stereocenters. The maximum absolute atomic E-state index is 5.97. The zero-order chi connectivity index (χ0) is 14.2. The number of hydrogen-bond donors (Lipinski definition) is 1. The Morgan fingerprint density at radius 1 is 1.20 bits per heavy atom. The van der Waals surface area contributed by atoms with Gasteiger partial charge in [-0.1, -0.05) is 36.7 Å². The molecule has 1 aromatic heterocycles. The summed E-state index contributed by atoms with van der Waals surface area (Å²) in [5.74, 6) is 0. The van der Waals surface area contributed by atoms with Crippen LogP contribution in [-0.2, 0) is 6.42 Å². The van der Waals surface area contributed by atoms with Crippen LogP contribution in [0.3, 0.4) is 0 Å². The standard InChI is InChI=1S/C17H22ClNS/c1-2-12-19-17(14-8-10-15(18)11-9-14)7-3-5-16-6-4-13-20-16/h4,6,8-11,13,17,19H,2-3,5,7,12H2,1H3. The van der Waals surface area contributed by atoms with Gasteiger partial charge in [0, 0.05) is 15.9 Å². The van der Waals surface area contributed by atoms with E-state index in [1.165, 1.54) is 29.7 Å². The molecule has 0 fully saturated rings. The van der Waals surface area contributed by atoms with Crippen molar-refractivity contribution in [1.82, 2.24) is 5.32 Å². The molecule has 0 saturated heterocycles. The third-order valence-electron chi connectivity index (χ3n) is 3.41. The normalized spacial score (nSPS) is 12.5. The minimum absolute atomic E-state index is 0.437. The summed E-state index contributed by atoms with van der Waals surface area (Å²) in [6.45, 7) is 3.27. The molecule has 1 aromatic carbocycles. The van der Waals surface area contributed by atoms with Crippen LogP contribution in [0.5, 0.6) is 0 Å². The molecular weight excluding hydrogens is 286 g/mol. The summed E-state index contributed by atoms with van der Waals surface area (Å²) in [6, 6.07) is 13.0. The van der Waals surface area contributed by atoms with E-state index in [0.717, 1.165) is 18.0 Å². The van der Waals surface area contributed by atoms with E-state index in [9.17, 15) is 0 Å². The Kier molecular flexibility index (Phi) is 6.58. The van der Waals surface area contributed by atoms with E-state index >= 15 is 0 Å². The molecule has 0 aliphatic heterocycles. The van der Waals surface area contributed by atoms with Gasteiger partial charge < -0.3 is 5.32 Å². The number of hydrogen-bond acceptors (Lipinski definition) is 2. The van der Waals surface area contributed by atoms with Gasteiger partial charge in [-0.15, -0.1) is 11.3 Å². The second-order valence-corrected chi connectivity index (χ2v) is 6.50. The highest BCUT2D eigenvalue weighted by atomic mass is 35.5. The number of halogens is 1. The number of aryl methyl sites for hydroxylation is 1. The summed E-state index contributed by atoms with van der Waals surface area (Å²) in [7, 11) is 0. The average molecular weight is 308 g/mol. The van der Waals surface area contributed by atoms with Gasteiger partial charge in [0.2, 0.25) is 0 Å². The molecule has 2 aromatic rings. The van der Waals surface area contributed by atoms with E-state index in [2.05, 4.69) is 41.9 Å². The molecule has 0 saturated carbocycles. The fraction of sp³-hybridized carbons (Fsp3) is 0.412. The van der Waals surface area contributed by atoms with Crippen LogP contribution in [0, 0.1) is 0 Å². The SMILES string of the molecule is CCCNC(CCCc1cccs1)c1ccc(Cl)cc1. The molecule has 0 radical (unpaired) electrons. The van der Waals surface area contributed by atoms with Gasteiger partial charge in [-0.2, -0.15) is 0 Å². The first-order valence-corrected chi connectivity index (χ1v) is 8.56. The molecule has 2 rings (SSSR count). The molecule has 1 unspecified atom stereocenters. The van der Waals surface area contributed by atoms with E-state index < -0.39 is 0 Å². The van der Waals surface area contributed by atoms with Gasteiger partial charge in [0.1, 0.15) is 0 Å².